The first-order valence-corrected chi connectivity index (χ1v) is 9.26. The standard InChI is InChI=1S/C20H18BrN3O3/c1-26-17-5-3-4-14(19(17)27-2)15-10-18(25)23-20-16(15)11-22-24(20)13-8-6-12(21)7-9-13/h3-9,11,15H,10H2,1-2H3,(H,23,25)/t15-/m1/s1. The molecule has 1 atom stereocenters. The van der Waals surface area contributed by atoms with Crippen LogP contribution in [0.5, 0.6) is 11.5 Å². The van der Waals surface area contributed by atoms with Crippen molar-refractivity contribution in [2.45, 2.75) is 12.3 Å². The molecule has 6 nitrogen and oxygen atoms in total. The van der Waals surface area contributed by atoms with Crippen molar-refractivity contribution in [2.75, 3.05) is 19.5 Å². The van der Waals surface area contributed by atoms with Crippen LogP contribution in [0.15, 0.2) is 53.1 Å². The topological polar surface area (TPSA) is 65.4 Å². The third kappa shape index (κ3) is 3.08. The van der Waals surface area contributed by atoms with Gasteiger partial charge in [0.1, 0.15) is 5.82 Å². The average molecular weight is 428 g/mol. The number of aromatic nitrogens is 2. The third-order valence-electron chi connectivity index (χ3n) is 4.70. The van der Waals surface area contributed by atoms with Crippen molar-refractivity contribution in [1.29, 1.82) is 0 Å². The van der Waals surface area contributed by atoms with Gasteiger partial charge in [-0.15, -0.1) is 0 Å². The van der Waals surface area contributed by atoms with Crippen LogP contribution in [-0.4, -0.2) is 29.9 Å². The zero-order chi connectivity index (χ0) is 19.0. The van der Waals surface area contributed by atoms with Gasteiger partial charge in [-0.25, -0.2) is 4.68 Å². The smallest absolute Gasteiger partial charge is 0.226 e. The summed E-state index contributed by atoms with van der Waals surface area (Å²) in [6.45, 7) is 0. The van der Waals surface area contributed by atoms with E-state index in [4.69, 9.17) is 9.47 Å². The number of ether oxygens (including phenoxy) is 2. The predicted molar refractivity (Wildman–Crippen MR) is 106 cm³/mol. The minimum Gasteiger partial charge on any atom is -0.493 e. The first kappa shape index (κ1) is 17.6. The zero-order valence-corrected chi connectivity index (χ0v) is 16.5. The van der Waals surface area contributed by atoms with Crippen LogP contribution in [0.1, 0.15) is 23.5 Å². The van der Waals surface area contributed by atoms with Crippen molar-refractivity contribution in [3.8, 4) is 17.2 Å². The van der Waals surface area contributed by atoms with Gasteiger partial charge in [-0.1, -0.05) is 28.1 Å². The number of carbonyl (C=O) groups is 1. The Balaban J connectivity index is 1.84. The maximum atomic E-state index is 12.5. The highest BCUT2D eigenvalue weighted by molar-refractivity contribution is 9.10. The van der Waals surface area contributed by atoms with Crippen molar-refractivity contribution < 1.29 is 14.3 Å². The molecule has 27 heavy (non-hydrogen) atoms. The Morgan fingerprint density at radius 2 is 1.89 bits per heavy atom. The van der Waals surface area contributed by atoms with E-state index in [0.29, 0.717) is 23.7 Å². The number of para-hydroxylation sites is 1. The lowest BCUT2D eigenvalue weighted by molar-refractivity contribution is -0.116. The van der Waals surface area contributed by atoms with E-state index in [1.165, 1.54) is 0 Å². The molecule has 2 aromatic carbocycles. The molecule has 2 heterocycles. The molecule has 3 aromatic rings. The summed E-state index contributed by atoms with van der Waals surface area (Å²) in [6, 6.07) is 13.5. The van der Waals surface area contributed by atoms with Crippen LogP contribution in [0.2, 0.25) is 0 Å². The number of nitrogens with one attached hydrogen (secondary N) is 1. The Hall–Kier alpha value is -2.80. The third-order valence-corrected chi connectivity index (χ3v) is 5.23. The fourth-order valence-corrected chi connectivity index (χ4v) is 3.73. The Labute approximate surface area is 165 Å². The summed E-state index contributed by atoms with van der Waals surface area (Å²) in [5.74, 6) is 1.74. The molecule has 0 saturated heterocycles. The molecule has 0 saturated carbocycles. The van der Waals surface area contributed by atoms with Crippen molar-refractivity contribution in [1.82, 2.24) is 9.78 Å². The number of benzene rings is 2. The monoisotopic (exact) mass is 427 g/mol. The minimum atomic E-state index is -0.164. The lowest BCUT2D eigenvalue weighted by atomic mass is 9.86. The van der Waals surface area contributed by atoms with E-state index in [1.54, 1.807) is 25.1 Å². The lowest BCUT2D eigenvalue weighted by Gasteiger charge is -2.25. The van der Waals surface area contributed by atoms with Crippen LogP contribution in [0.3, 0.4) is 0 Å². The van der Waals surface area contributed by atoms with Crippen LogP contribution in [-0.2, 0) is 4.79 Å². The summed E-state index contributed by atoms with van der Waals surface area (Å²) in [5.41, 5.74) is 2.73. The molecule has 1 aromatic heterocycles. The van der Waals surface area contributed by atoms with Gasteiger partial charge in [0.05, 0.1) is 26.1 Å². The molecule has 0 radical (unpaired) electrons. The molecule has 1 N–H and O–H groups in total. The molecular formula is C20H18BrN3O3. The molecule has 0 fully saturated rings. The van der Waals surface area contributed by atoms with Gasteiger partial charge in [-0.05, 0) is 30.3 Å². The maximum Gasteiger partial charge on any atom is 0.226 e. The molecule has 0 unspecified atom stereocenters. The normalized spacial score (nSPS) is 15.8. The fraction of sp³-hybridized carbons (Fsp3) is 0.200. The van der Waals surface area contributed by atoms with E-state index in [-0.39, 0.29) is 11.8 Å². The van der Waals surface area contributed by atoms with Gasteiger partial charge in [-0.2, -0.15) is 5.10 Å². The van der Waals surface area contributed by atoms with Crippen LogP contribution in [0, 0.1) is 0 Å². The summed E-state index contributed by atoms with van der Waals surface area (Å²) < 4.78 is 13.7. The number of rotatable bonds is 4. The highest BCUT2D eigenvalue weighted by Crippen LogP contribution is 2.44. The quantitative estimate of drug-likeness (QED) is 0.679. The maximum absolute atomic E-state index is 12.5. The Morgan fingerprint density at radius 3 is 2.59 bits per heavy atom. The van der Waals surface area contributed by atoms with Gasteiger partial charge in [0, 0.05) is 27.9 Å². The molecule has 0 bridgehead atoms. The van der Waals surface area contributed by atoms with Crippen LogP contribution in [0.4, 0.5) is 5.82 Å². The minimum absolute atomic E-state index is 0.0590. The van der Waals surface area contributed by atoms with E-state index in [1.807, 2.05) is 42.5 Å². The number of nitrogens with zero attached hydrogens (tertiary/aromatic N) is 2. The largest absolute Gasteiger partial charge is 0.493 e. The van der Waals surface area contributed by atoms with Crippen molar-refractivity contribution in [3.05, 3.63) is 64.3 Å². The molecule has 1 amide bonds. The van der Waals surface area contributed by atoms with E-state index in [0.717, 1.165) is 21.3 Å². The highest BCUT2D eigenvalue weighted by Gasteiger charge is 2.32. The summed E-state index contributed by atoms with van der Waals surface area (Å²) in [5, 5.41) is 7.49. The van der Waals surface area contributed by atoms with E-state index in [2.05, 4.69) is 26.3 Å². The first-order chi connectivity index (χ1) is 13.1. The molecule has 138 valence electrons. The number of hydrogen-bond donors (Lipinski definition) is 1. The van der Waals surface area contributed by atoms with Crippen molar-refractivity contribution in [3.63, 3.8) is 0 Å². The van der Waals surface area contributed by atoms with Crippen LogP contribution in [0.25, 0.3) is 5.69 Å². The number of amides is 1. The van der Waals surface area contributed by atoms with Crippen LogP contribution < -0.4 is 14.8 Å². The van der Waals surface area contributed by atoms with Gasteiger partial charge in [0.2, 0.25) is 5.91 Å². The van der Waals surface area contributed by atoms with Gasteiger partial charge in [0.25, 0.3) is 0 Å². The molecule has 0 spiro atoms. The fourth-order valence-electron chi connectivity index (χ4n) is 3.46. The number of hydrogen-bond acceptors (Lipinski definition) is 4. The second-order valence-corrected chi connectivity index (χ2v) is 7.14. The summed E-state index contributed by atoms with van der Waals surface area (Å²) in [6.07, 6.45) is 2.13. The average Bonchev–Trinajstić information content (AvgIpc) is 3.11. The molecule has 4 rings (SSSR count). The zero-order valence-electron chi connectivity index (χ0n) is 14.9. The Bertz CT molecular complexity index is 998. The summed E-state index contributed by atoms with van der Waals surface area (Å²) in [4.78, 5) is 12.5. The SMILES string of the molecule is COc1cccc([C@H]2CC(=O)Nc3c2cnn3-c2ccc(Br)cc2)c1OC. The molecule has 1 aliphatic heterocycles. The van der Waals surface area contributed by atoms with Gasteiger partial charge >= 0.3 is 0 Å². The number of methoxy groups -OCH3 is 2. The molecule has 7 heteroatoms. The second-order valence-electron chi connectivity index (χ2n) is 6.22. The lowest BCUT2D eigenvalue weighted by Crippen LogP contribution is -2.24. The van der Waals surface area contributed by atoms with Gasteiger partial charge in [0.15, 0.2) is 11.5 Å². The molecular weight excluding hydrogens is 410 g/mol. The number of halogens is 1. The van der Waals surface area contributed by atoms with Gasteiger partial charge in [-0.3, -0.25) is 4.79 Å². The first-order valence-electron chi connectivity index (χ1n) is 8.47. The number of carbonyl (C=O) groups excluding carboxylic acids is 1. The van der Waals surface area contributed by atoms with Crippen LogP contribution >= 0.6 is 15.9 Å². The molecule has 0 aliphatic carbocycles. The number of fused-ring (bicyclic) bond motifs is 1. The van der Waals surface area contributed by atoms with Crippen molar-refractivity contribution in [2.24, 2.45) is 0 Å². The predicted octanol–water partition coefficient (Wildman–Crippen LogP) is 4.13. The van der Waals surface area contributed by atoms with E-state index < -0.39 is 0 Å². The Kier molecular flexibility index (Phi) is 4.61. The summed E-state index contributed by atoms with van der Waals surface area (Å²) in [7, 11) is 3.21. The van der Waals surface area contributed by atoms with Crippen molar-refractivity contribution >= 4 is 27.7 Å². The van der Waals surface area contributed by atoms with Gasteiger partial charge < -0.3 is 14.8 Å². The molecule has 1 aliphatic rings. The van der Waals surface area contributed by atoms with E-state index in [9.17, 15) is 4.79 Å². The highest BCUT2D eigenvalue weighted by atomic mass is 79.9. The summed E-state index contributed by atoms with van der Waals surface area (Å²) >= 11 is 3.44. The van der Waals surface area contributed by atoms with E-state index >= 15 is 0 Å². The Morgan fingerprint density at radius 1 is 1.11 bits per heavy atom. The number of anilines is 1. The second kappa shape index (κ2) is 7.08.